The average molecular weight is 401 g/mol. The fourth-order valence-corrected chi connectivity index (χ4v) is 4.54. The molecule has 0 saturated carbocycles. The summed E-state index contributed by atoms with van der Waals surface area (Å²) in [5.41, 5.74) is 4.55. The first-order valence-corrected chi connectivity index (χ1v) is 10.4. The van der Waals surface area contributed by atoms with Crippen molar-refractivity contribution in [2.75, 3.05) is 32.9 Å². The Morgan fingerprint density at radius 2 is 2.07 bits per heavy atom. The van der Waals surface area contributed by atoms with Crippen LogP contribution < -0.4 is 10.1 Å². The molecular weight excluding hydrogens is 376 g/mol. The van der Waals surface area contributed by atoms with Crippen LogP contribution in [0.15, 0.2) is 30.3 Å². The number of halogens is 1. The molecule has 6 heteroatoms. The smallest absolute Gasteiger partial charge is 0.213 e. The van der Waals surface area contributed by atoms with E-state index in [0.717, 1.165) is 55.6 Å². The third-order valence-corrected chi connectivity index (χ3v) is 6.45. The van der Waals surface area contributed by atoms with E-state index >= 15 is 0 Å². The third-order valence-electron chi connectivity index (χ3n) is 6.10. The van der Waals surface area contributed by atoms with Crippen molar-refractivity contribution < 1.29 is 14.2 Å². The second kappa shape index (κ2) is 7.99. The van der Waals surface area contributed by atoms with Gasteiger partial charge in [0.2, 0.25) is 5.88 Å². The monoisotopic (exact) mass is 400 g/mol. The molecule has 1 aromatic heterocycles. The van der Waals surface area contributed by atoms with Crippen molar-refractivity contribution >= 4 is 11.6 Å². The molecule has 148 valence electrons. The number of rotatable bonds is 4. The summed E-state index contributed by atoms with van der Waals surface area (Å²) < 4.78 is 17.2. The van der Waals surface area contributed by atoms with Crippen LogP contribution in [-0.2, 0) is 22.7 Å². The highest BCUT2D eigenvalue weighted by molar-refractivity contribution is 6.31. The molecule has 5 nitrogen and oxygen atoms in total. The van der Waals surface area contributed by atoms with Crippen LogP contribution in [0.2, 0.25) is 5.02 Å². The van der Waals surface area contributed by atoms with E-state index in [2.05, 4.69) is 23.5 Å². The molecular formula is C22H25ClN2O3. The number of hydrogen-bond donors (Lipinski definition) is 1. The molecule has 3 aliphatic rings. The molecule has 0 bridgehead atoms. The van der Waals surface area contributed by atoms with E-state index in [4.69, 9.17) is 30.8 Å². The summed E-state index contributed by atoms with van der Waals surface area (Å²) in [6.45, 7) is 5.43. The highest BCUT2D eigenvalue weighted by Crippen LogP contribution is 2.35. The number of piperidine rings is 1. The van der Waals surface area contributed by atoms with Gasteiger partial charge in [0.1, 0.15) is 6.61 Å². The largest absolute Gasteiger partial charge is 0.473 e. The predicted octanol–water partition coefficient (Wildman–Crippen LogP) is 3.65. The SMILES string of the molecule is Clc1cc(C2COC2)ccc1COc1ccc2c(n1)C1CCNCC1COC2. The Morgan fingerprint density at radius 3 is 2.89 bits per heavy atom. The van der Waals surface area contributed by atoms with Gasteiger partial charge in [-0.1, -0.05) is 23.7 Å². The molecule has 0 amide bonds. The zero-order chi connectivity index (χ0) is 18.9. The predicted molar refractivity (Wildman–Crippen MR) is 107 cm³/mol. The first-order valence-electron chi connectivity index (χ1n) is 10.0. The van der Waals surface area contributed by atoms with Crippen LogP contribution >= 0.6 is 11.6 Å². The van der Waals surface area contributed by atoms with E-state index in [0.29, 0.717) is 36.8 Å². The van der Waals surface area contributed by atoms with Gasteiger partial charge in [-0.3, -0.25) is 0 Å². The minimum Gasteiger partial charge on any atom is -0.473 e. The lowest BCUT2D eigenvalue weighted by Crippen LogP contribution is -2.37. The van der Waals surface area contributed by atoms with Crippen LogP contribution in [0.25, 0.3) is 0 Å². The van der Waals surface area contributed by atoms with Gasteiger partial charge in [0.05, 0.1) is 32.1 Å². The van der Waals surface area contributed by atoms with Crippen LogP contribution in [0.3, 0.4) is 0 Å². The van der Waals surface area contributed by atoms with E-state index in [1.54, 1.807) is 0 Å². The Morgan fingerprint density at radius 1 is 1.14 bits per heavy atom. The van der Waals surface area contributed by atoms with E-state index in [9.17, 15) is 0 Å². The van der Waals surface area contributed by atoms with Crippen LogP contribution in [-0.4, -0.2) is 37.9 Å². The molecule has 2 fully saturated rings. The number of ether oxygens (including phenoxy) is 3. The summed E-state index contributed by atoms with van der Waals surface area (Å²) >= 11 is 6.48. The Balaban J connectivity index is 1.32. The van der Waals surface area contributed by atoms with Crippen molar-refractivity contribution in [2.45, 2.75) is 31.5 Å². The topological polar surface area (TPSA) is 52.6 Å². The van der Waals surface area contributed by atoms with Gasteiger partial charge in [0.15, 0.2) is 0 Å². The van der Waals surface area contributed by atoms with Gasteiger partial charge >= 0.3 is 0 Å². The second-order valence-electron chi connectivity index (χ2n) is 7.94. The van der Waals surface area contributed by atoms with Gasteiger partial charge in [0.25, 0.3) is 0 Å². The molecule has 2 aromatic rings. The van der Waals surface area contributed by atoms with Crippen molar-refractivity contribution in [2.24, 2.45) is 5.92 Å². The molecule has 5 rings (SSSR count). The number of benzene rings is 1. The van der Waals surface area contributed by atoms with E-state index in [-0.39, 0.29) is 0 Å². The number of nitrogens with zero attached hydrogens (tertiary/aromatic N) is 1. The molecule has 0 aliphatic carbocycles. The zero-order valence-corrected chi connectivity index (χ0v) is 16.6. The van der Waals surface area contributed by atoms with Gasteiger partial charge in [-0.25, -0.2) is 4.98 Å². The molecule has 2 unspecified atom stereocenters. The van der Waals surface area contributed by atoms with Crippen molar-refractivity contribution in [1.82, 2.24) is 10.3 Å². The molecule has 1 aromatic carbocycles. The molecule has 0 radical (unpaired) electrons. The van der Waals surface area contributed by atoms with Crippen molar-refractivity contribution in [3.05, 3.63) is 57.7 Å². The number of fused-ring (bicyclic) bond motifs is 3. The Labute approximate surface area is 170 Å². The summed E-state index contributed by atoms with van der Waals surface area (Å²) in [7, 11) is 0. The molecule has 3 aliphatic heterocycles. The van der Waals surface area contributed by atoms with Gasteiger partial charge < -0.3 is 19.5 Å². The Kier molecular flexibility index (Phi) is 5.24. The first kappa shape index (κ1) is 18.4. The Hall–Kier alpha value is -1.66. The molecule has 2 atom stereocenters. The van der Waals surface area contributed by atoms with Crippen molar-refractivity contribution in [1.29, 1.82) is 0 Å². The minimum atomic E-state index is 0.415. The molecule has 28 heavy (non-hydrogen) atoms. The standard InChI is InChI=1S/C22H25ClN2O3/c23-20-7-14(18-11-27-12-18)1-2-15(20)13-28-21-4-3-16-9-26-10-17-8-24-6-5-19(17)22(16)25-21/h1-4,7,17-19,24H,5-6,8-13H2. The molecule has 4 heterocycles. The summed E-state index contributed by atoms with van der Waals surface area (Å²) in [6, 6.07) is 10.3. The van der Waals surface area contributed by atoms with Gasteiger partial charge in [-0.2, -0.15) is 0 Å². The number of hydrogen-bond acceptors (Lipinski definition) is 5. The maximum atomic E-state index is 6.48. The maximum absolute atomic E-state index is 6.48. The lowest BCUT2D eigenvalue weighted by atomic mass is 9.83. The lowest BCUT2D eigenvalue weighted by Gasteiger charge is -2.30. The van der Waals surface area contributed by atoms with Crippen LogP contribution in [0.5, 0.6) is 5.88 Å². The third kappa shape index (κ3) is 3.64. The summed E-state index contributed by atoms with van der Waals surface area (Å²) in [5, 5.41) is 4.21. The highest BCUT2D eigenvalue weighted by Gasteiger charge is 2.32. The molecule has 0 spiro atoms. The Bertz CT molecular complexity index is 856. The number of aromatic nitrogens is 1. The minimum absolute atomic E-state index is 0.415. The van der Waals surface area contributed by atoms with Crippen LogP contribution in [0.4, 0.5) is 0 Å². The van der Waals surface area contributed by atoms with Gasteiger partial charge in [-0.15, -0.1) is 0 Å². The number of pyridine rings is 1. The zero-order valence-electron chi connectivity index (χ0n) is 15.8. The van der Waals surface area contributed by atoms with E-state index in [1.165, 1.54) is 11.1 Å². The quantitative estimate of drug-likeness (QED) is 0.848. The fraction of sp³-hybridized carbons (Fsp3) is 0.500. The molecule has 2 saturated heterocycles. The fourth-order valence-electron chi connectivity index (χ4n) is 4.30. The first-order chi connectivity index (χ1) is 13.8. The van der Waals surface area contributed by atoms with Gasteiger partial charge in [-0.05, 0) is 36.2 Å². The second-order valence-corrected chi connectivity index (χ2v) is 8.35. The summed E-state index contributed by atoms with van der Waals surface area (Å²) in [6.07, 6.45) is 1.09. The van der Waals surface area contributed by atoms with E-state index in [1.807, 2.05) is 12.1 Å². The average Bonchev–Trinajstić information content (AvgIpc) is 2.85. The van der Waals surface area contributed by atoms with Crippen molar-refractivity contribution in [3.8, 4) is 5.88 Å². The summed E-state index contributed by atoms with van der Waals surface area (Å²) in [5.74, 6) is 2.05. The van der Waals surface area contributed by atoms with Crippen LogP contribution in [0, 0.1) is 5.92 Å². The van der Waals surface area contributed by atoms with Crippen molar-refractivity contribution in [3.63, 3.8) is 0 Å². The van der Waals surface area contributed by atoms with Gasteiger partial charge in [0, 0.05) is 41.0 Å². The summed E-state index contributed by atoms with van der Waals surface area (Å²) in [4.78, 5) is 4.88. The number of nitrogens with one attached hydrogen (secondary N) is 1. The van der Waals surface area contributed by atoms with Crippen LogP contribution in [0.1, 0.15) is 40.6 Å². The molecule has 1 N–H and O–H groups in total. The normalized spacial score (nSPS) is 24.6. The van der Waals surface area contributed by atoms with E-state index < -0.39 is 0 Å². The highest BCUT2D eigenvalue weighted by atomic mass is 35.5. The lowest BCUT2D eigenvalue weighted by molar-refractivity contribution is 0.00841. The maximum Gasteiger partial charge on any atom is 0.213 e.